The lowest BCUT2D eigenvalue weighted by Gasteiger charge is -2.05. The van der Waals surface area contributed by atoms with Crippen molar-refractivity contribution in [2.45, 2.75) is 39.2 Å². The van der Waals surface area contributed by atoms with Crippen LogP contribution in [0.2, 0.25) is 0 Å². The Balaban J connectivity index is 1.88. The van der Waals surface area contributed by atoms with Crippen molar-refractivity contribution >= 4 is 16.9 Å². The quantitative estimate of drug-likeness (QED) is 0.726. The lowest BCUT2D eigenvalue weighted by molar-refractivity contribution is 0.0953. The summed E-state index contributed by atoms with van der Waals surface area (Å²) >= 11 is 0. The molecule has 0 radical (unpaired) electrons. The lowest BCUT2D eigenvalue weighted by Crippen LogP contribution is -2.24. The summed E-state index contributed by atoms with van der Waals surface area (Å²) in [7, 11) is 0. The summed E-state index contributed by atoms with van der Waals surface area (Å²) in [5.41, 5.74) is 2.30. The number of benzene rings is 1. The third kappa shape index (κ3) is 4.01. The van der Waals surface area contributed by atoms with Crippen LogP contribution in [0.1, 0.15) is 43.0 Å². The molecule has 0 fully saturated rings. The minimum Gasteiger partial charge on any atom is -0.396 e. The van der Waals surface area contributed by atoms with E-state index in [0.717, 1.165) is 43.3 Å². The molecule has 0 spiro atoms. The molecule has 21 heavy (non-hydrogen) atoms. The number of aliphatic hydroxyl groups is 1. The number of aromatic nitrogens is 3. The van der Waals surface area contributed by atoms with Crippen LogP contribution in [0.15, 0.2) is 18.2 Å². The average Bonchev–Trinajstić information content (AvgIpc) is 2.92. The standard InChI is InChI=1S/C15H22N4O2/c1-2-19-14-8-7-12(11-13(14)17-18-19)15(21)16-9-5-3-4-6-10-20/h7-8,11,20H,2-6,9-10H2,1H3,(H,16,21). The molecule has 1 aromatic carbocycles. The number of aliphatic hydroxyl groups excluding tert-OH is 1. The maximum atomic E-state index is 12.0. The maximum Gasteiger partial charge on any atom is 0.251 e. The smallest absolute Gasteiger partial charge is 0.251 e. The zero-order chi connectivity index (χ0) is 15.1. The maximum absolute atomic E-state index is 12.0. The minimum absolute atomic E-state index is 0.0786. The minimum atomic E-state index is -0.0786. The molecule has 6 nitrogen and oxygen atoms in total. The van der Waals surface area contributed by atoms with Gasteiger partial charge in [0.05, 0.1) is 5.52 Å². The predicted molar refractivity (Wildman–Crippen MR) is 81.1 cm³/mol. The second kappa shape index (κ2) is 7.73. The Bertz CT molecular complexity index is 594. The second-order valence-electron chi connectivity index (χ2n) is 5.00. The monoisotopic (exact) mass is 290 g/mol. The van der Waals surface area contributed by atoms with E-state index in [1.54, 1.807) is 16.8 Å². The van der Waals surface area contributed by atoms with Gasteiger partial charge in [-0.3, -0.25) is 4.79 Å². The van der Waals surface area contributed by atoms with E-state index in [1.165, 1.54) is 0 Å². The molecule has 114 valence electrons. The molecular formula is C15H22N4O2. The van der Waals surface area contributed by atoms with Gasteiger partial charge in [0.25, 0.3) is 5.91 Å². The molecule has 2 rings (SSSR count). The number of fused-ring (bicyclic) bond motifs is 1. The third-order valence-corrected chi connectivity index (χ3v) is 3.45. The average molecular weight is 290 g/mol. The van der Waals surface area contributed by atoms with E-state index in [9.17, 15) is 4.79 Å². The van der Waals surface area contributed by atoms with Crippen LogP contribution in [0, 0.1) is 0 Å². The first-order chi connectivity index (χ1) is 10.3. The summed E-state index contributed by atoms with van der Waals surface area (Å²) in [5, 5.41) is 19.7. The van der Waals surface area contributed by atoms with Crippen LogP contribution in [0.5, 0.6) is 0 Å². The summed E-state index contributed by atoms with van der Waals surface area (Å²) in [6, 6.07) is 5.46. The largest absolute Gasteiger partial charge is 0.396 e. The van der Waals surface area contributed by atoms with Gasteiger partial charge in [0, 0.05) is 25.3 Å². The Morgan fingerprint density at radius 1 is 1.29 bits per heavy atom. The van der Waals surface area contributed by atoms with Crippen LogP contribution >= 0.6 is 0 Å². The number of rotatable bonds is 8. The molecule has 1 aromatic heterocycles. The molecule has 0 aliphatic carbocycles. The Morgan fingerprint density at radius 3 is 2.86 bits per heavy atom. The lowest BCUT2D eigenvalue weighted by atomic mass is 10.1. The van der Waals surface area contributed by atoms with Crippen LogP contribution in [0.3, 0.4) is 0 Å². The van der Waals surface area contributed by atoms with Crippen LogP contribution < -0.4 is 5.32 Å². The molecule has 0 aliphatic heterocycles. The Hall–Kier alpha value is -1.95. The number of hydrogen-bond donors (Lipinski definition) is 2. The van der Waals surface area contributed by atoms with Gasteiger partial charge in [-0.25, -0.2) is 4.68 Å². The van der Waals surface area contributed by atoms with E-state index in [2.05, 4.69) is 15.6 Å². The first-order valence-corrected chi connectivity index (χ1v) is 7.48. The number of unbranched alkanes of at least 4 members (excludes halogenated alkanes) is 3. The van der Waals surface area contributed by atoms with E-state index < -0.39 is 0 Å². The van der Waals surface area contributed by atoms with Crippen LogP contribution in [0.4, 0.5) is 0 Å². The highest BCUT2D eigenvalue weighted by molar-refractivity contribution is 5.97. The zero-order valence-electron chi connectivity index (χ0n) is 12.4. The SMILES string of the molecule is CCn1nnc2cc(C(=O)NCCCCCCO)ccc21. The number of carbonyl (C=O) groups excluding carboxylic acids is 1. The van der Waals surface area contributed by atoms with Crippen molar-refractivity contribution in [2.24, 2.45) is 0 Å². The van der Waals surface area contributed by atoms with Gasteiger partial charge in [0.1, 0.15) is 5.52 Å². The molecular weight excluding hydrogens is 268 g/mol. The van der Waals surface area contributed by atoms with E-state index in [-0.39, 0.29) is 12.5 Å². The highest BCUT2D eigenvalue weighted by Crippen LogP contribution is 2.13. The fourth-order valence-corrected chi connectivity index (χ4v) is 2.24. The van der Waals surface area contributed by atoms with E-state index >= 15 is 0 Å². The summed E-state index contributed by atoms with van der Waals surface area (Å²) in [5.74, 6) is -0.0786. The van der Waals surface area contributed by atoms with Gasteiger partial charge < -0.3 is 10.4 Å². The molecule has 0 saturated heterocycles. The molecule has 0 bridgehead atoms. The molecule has 6 heteroatoms. The van der Waals surface area contributed by atoms with Crippen LogP contribution in [0.25, 0.3) is 11.0 Å². The fraction of sp³-hybridized carbons (Fsp3) is 0.533. The molecule has 1 heterocycles. The van der Waals surface area contributed by atoms with E-state index in [4.69, 9.17) is 5.11 Å². The molecule has 0 saturated carbocycles. The molecule has 0 atom stereocenters. The molecule has 0 aliphatic rings. The number of amides is 1. The summed E-state index contributed by atoms with van der Waals surface area (Å²) in [4.78, 5) is 12.0. The van der Waals surface area contributed by atoms with Crippen LogP contribution in [-0.4, -0.2) is 39.2 Å². The van der Waals surface area contributed by atoms with Gasteiger partial charge in [-0.2, -0.15) is 0 Å². The highest BCUT2D eigenvalue weighted by atomic mass is 16.2. The van der Waals surface area contributed by atoms with Crippen molar-refractivity contribution in [3.8, 4) is 0 Å². The summed E-state index contributed by atoms with van der Waals surface area (Å²) in [6.45, 7) is 3.66. The van der Waals surface area contributed by atoms with Gasteiger partial charge in [0.2, 0.25) is 0 Å². The normalized spacial score (nSPS) is 11.0. The van der Waals surface area contributed by atoms with Crippen molar-refractivity contribution in [3.63, 3.8) is 0 Å². The van der Waals surface area contributed by atoms with Gasteiger partial charge in [-0.15, -0.1) is 5.10 Å². The van der Waals surface area contributed by atoms with E-state index in [1.807, 2.05) is 13.0 Å². The number of hydrogen-bond acceptors (Lipinski definition) is 4. The van der Waals surface area contributed by atoms with Crippen molar-refractivity contribution in [3.05, 3.63) is 23.8 Å². The summed E-state index contributed by atoms with van der Waals surface area (Å²) < 4.78 is 1.80. The number of carbonyl (C=O) groups is 1. The van der Waals surface area contributed by atoms with Crippen molar-refractivity contribution in [2.75, 3.05) is 13.2 Å². The van der Waals surface area contributed by atoms with Gasteiger partial charge in [-0.1, -0.05) is 18.1 Å². The second-order valence-corrected chi connectivity index (χ2v) is 5.00. The Labute approximate surface area is 124 Å². The topological polar surface area (TPSA) is 80.0 Å². The van der Waals surface area contributed by atoms with Gasteiger partial charge in [-0.05, 0) is 38.0 Å². The third-order valence-electron chi connectivity index (χ3n) is 3.45. The molecule has 0 unspecified atom stereocenters. The van der Waals surface area contributed by atoms with Crippen molar-refractivity contribution in [1.29, 1.82) is 0 Å². The predicted octanol–water partition coefficient (Wildman–Crippen LogP) is 1.73. The first kappa shape index (κ1) is 15.4. The van der Waals surface area contributed by atoms with Gasteiger partial charge >= 0.3 is 0 Å². The first-order valence-electron chi connectivity index (χ1n) is 7.48. The zero-order valence-corrected chi connectivity index (χ0v) is 12.4. The molecule has 1 amide bonds. The van der Waals surface area contributed by atoms with Crippen molar-refractivity contribution < 1.29 is 9.90 Å². The highest BCUT2D eigenvalue weighted by Gasteiger charge is 2.09. The number of aryl methyl sites for hydroxylation is 1. The van der Waals surface area contributed by atoms with Crippen LogP contribution in [-0.2, 0) is 6.54 Å². The molecule has 2 aromatic rings. The fourth-order valence-electron chi connectivity index (χ4n) is 2.24. The van der Waals surface area contributed by atoms with E-state index in [0.29, 0.717) is 12.1 Å². The Kier molecular flexibility index (Phi) is 5.68. The van der Waals surface area contributed by atoms with Gasteiger partial charge in [0.15, 0.2) is 0 Å². The number of nitrogens with one attached hydrogen (secondary N) is 1. The number of nitrogens with zero attached hydrogens (tertiary/aromatic N) is 3. The van der Waals surface area contributed by atoms with Crippen molar-refractivity contribution in [1.82, 2.24) is 20.3 Å². The Morgan fingerprint density at radius 2 is 2.10 bits per heavy atom. The molecule has 2 N–H and O–H groups in total. The summed E-state index contributed by atoms with van der Waals surface area (Å²) in [6.07, 6.45) is 3.78.